The Labute approximate surface area is 188 Å². The van der Waals surface area contributed by atoms with Crippen molar-refractivity contribution < 1.29 is 13.2 Å². The highest BCUT2D eigenvalue weighted by Gasteiger charge is 2.33. The van der Waals surface area contributed by atoms with Crippen LogP contribution in [0.4, 0.5) is 4.79 Å². The van der Waals surface area contributed by atoms with E-state index in [0.717, 1.165) is 9.87 Å². The van der Waals surface area contributed by atoms with Crippen molar-refractivity contribution in [1.82, 2.24) is 9.62 Å². The molecule has 0 aromatic heterocycles. The van der Waals surface area contributed by atoms with Gasteiger partial charge >= 0.3 is 6.03 Å². The van der Waals surface area contributed by atoms with Crippen LogP contribution in [-0.4, -0.2) is 30.8 Å². The lowest BCUT2D eigenvalue weighted by Crippen LogP contribution is -2.51. The van der Waals surface area contributed by atoms with E-state index < -0.39 is 21.6 Å². The summed E-state index contributed by atoms with van der Waals surface area (Å²) in [4.78, 5) is 13.1. The van der Waals surface area contributed by atoms with Gasteiger partial charge in [0.25, 0.3) is 10.0 Å². The molecule has 0 fully saturated rings. The van der Waals surface area contributed by atoms with Crippen LogP contribution in [0.2, 0.25) is 10.0 Å². The number of nitrogens with zero attached hydrogens (tertiary/aromatic N) is 1. The first kappa shape index (κ1) is 24.3. The van der Waals surface area contributed by atoms with E-state index in [1.807, 2.05) is 0 Å². The van der Waals surface area contributed by atoms with Gasteiger partial charge < -0.3 is 5.32 Å². The van der Waals surface area contributed by atoms with Gasteiger partial charge in [-0.05, 0) is 57.0 Å². The van der Waals surface area contributed by atoms with Gasteiger partial charge in [-0.15, -0.1) is 6.58 Å². The number of rotatable bonds is 7. The van der Waals surface area contributed by atoms with Crippen LogP contribution in [-0.2, 0) is 10.0 Å². The monoisotopic (exact) mass is 468 g/mol. The summed E-state index contributed by atoms with van der Waals surface area (Å²) in [5.74, 6) is -0.346. The van der Waals surface area contributed by atoms with Gasteiger partial charge in [0.2, 0.25) is 0 Å². The molecular formula is C22H26Cl2N2O3S. The summed E-state index contributed by atoms with van der Waals surface area (Å²) in [6.07, 6.45) is 2.13. The lowest BCUT2D eigenvalue weighted by molar-refractivity contribution is 0.211. The number of nitrogens with one attached hydrogen (secondary N) is 1. The number of hydrogen-bond donors (Lipinski definition) is 1. The van der Waals surface area contributed by atoms with Crippen LogP contribution >= 0.6 is 23.2 Å². The Morgan fingerprint density at radius 1 is 1.13 bits per heavy atom. The van der Waals surface area contributed by atoms with E-state index in [1.165, 1.54) is 12.1 Å². The third kappa shape index (κ3) is 6.24. The number of carbonyl (C=O) groups excluding carboxylic acids is 1. The number of sulfonamides is 1. The molecule has 0 aliphatic heterocycles. The number of amides is 2. The van der Waals surface area contributed by atoms with Crippen molar-refractivity contribution in [2.24, 2.45) is 0 Å². The summed E-state index contributed by atoms with van der Waals surface area (Å²) in [5.41, 5.74) is 0.153. The van der Waals surface area contributed by atoms with Crippen molar-refractivity contribution in [2.45, 2.75) is 43.5 Å². The highest BCUT2D eigenvalue weighted by atomic mass is 35.5. The quantitative estimate of drug-likeness (QED) is 0.517. The fourth-order valence-electron chi connectivity index (χ4n) is 2.88. The zero-order valence-electron chi connectivity index (χ0n) is 17.2. The molecule has 0 saturated heterocycles. The molecule has 2 rings (SSSR count). The van der Waals surface area contributed by atoms with Crippen molar-refractivity contribution in [1.29, 1.82) is 0 Å². The summed E-state index contributed by atoms with van der Waals surface area (Å²) >= 11 is 12.2. The van der Waals surface area contributed by atoms with E-state index >= 15 is 0 Å². The summed E-state index contributed by atoms with van der Waals surface area (Å²) < 4.78 is 27.6. The zero-order chi connectivity index (χ0) is 22.5. The Kier molecular flexibility index (Phi) is 7.97. The molecule has 2 aromatic carbocycles. The van der Waals surface area contributed by atoms with Gasteiger partial charge in [-0.2, -0.15) is 0 Å². The summed E-state index contributed by atoms with van der Waals surface area (Å²) in [5, 5.41) is 3.51. The molecule has 5 nitrogen and oxygen atoms in total. The Morgan fingerprint density at radius 2 is 1.77 bits per heavy atom. The topological polar surface area (TPSA) is 66.5 Å². The Morgan fingerprint density at radius 3 is 2.30 bits per heavy atom. The van der Waals surface area contributed by atoms with Crippen molar-refractivity contribution in [3.63, 3.8) is 0 Å². The van der Waals surface area contributed by atoms with Crippen molar-refractivity contribution in [2.75, 3.05) is 6.54 Å². The molecule has 0 aliphatic rings. The van der Waals surface area contributed by atoms with Gasteiger partial charge in [-0.3, -0.25) is 0 Å². The largest absolute Gasteiger partial charge is 0.333 e. The van der Waals surface area contributed by atoms with Crippen LogP contribution < -0.4 is 5.32 Å². The molecule has 1 atom stereocenters. The maximum atomic E-state index is 13.3. The first-order valence-corrected chi connectivity index (χ1v) is 11.6. The van der Waals surface area contributed by atoms with Crippen LogP contribution in [0, 0.1) is 0 Å². The van der Waals surface area contributed by atoms with E-state index in [4.69, 9.17) is 23.2 Å². The fourth-order valence-corrected chi connectivity index (χ4v) is 4.58. The molecule has 0 heterocycles. The smallest absolute Gasteiger partial charge is 0.331 e. The Hall–Kier alpha value is -2.02. The highest BCUT2D eigenvalue weighted by molar-refractivity contribution is 7.89. The number of hydrogen-bond acceptors (Lipinski definition) is 3. The normalized spacial score (nSPS) is 12.8. The highest BCUT2D eigenvalue weighted by Crippen LogP contribution is 2.30. The standard InChI is InChI=1S/C22H26Cl2N2O3S/c1-5-9-17(16-12-13-19(23)20(24)14-16)15-26(21(27)25-22(2,3)4)30(28,29)18-10-7-6-8-11-18/h5-8,10-14,17H,1,9,15H2,2-4H3,(H,25,27)/t17-/m1/s1. The Bertz CT molecular complexity index is 1000. The zero-order valence-corrected chi connectivity index (χ0v) is 19.6. The molecule has 0 spiro atoms. The van der Waals surface area contributed by atoms with Gasteiger partial charge in [0.15, 0.2) is 0 Å². The van der Waals surface area contributed by atoms with Crippen LogP contribution in [0.15, 0.2) is 66.1 Å². The molecule has 2 aromatic rings. The van der Waals surface area contributed by atoms with Gasteiger partial charge in [0.1, 0.15) is 0 Å². The predicted molar refractivity (Wildman–Crippen MR) is 123 cm³/mol. The van der Waals surface area contributed by atoms with Crippen molar-refractivity contribution in [3.05, 3.63) is 76.8 Å². The van der Waals surface area contributed by atoms with E-state index in [-0.39, 0.29) is 17.4 Å². The van der Waals surface area contributed by atoms with Gasteiger partial charge in [0, 0.05) is 18.0 Å². The molecular weight excluding hydrogens is 443 g/mol. The predicted octanol–water partition coefficient (Wildman–Crippen LogP) is 5.85. The lowest BCUT2D eigenvalue weighted by atomic mass is 9.95. The van der Waals surface area contributed by atoms with Crippen LogP contribution in [0.5, 0.6) is 0 Å². The molecule has 162 valence electrons. The lowest BCUT2D eigenvalue weighted by Gasteiger charge is -2.30. The first-order valence-electron chi connectivity index (χ1n) is 9.41. The van der Waals surface area contributed by atoms with E-state index in [1.54, 1.807) is 63.2 Å². The molecule has 8 heteroatoms. The summed E-state index contributed by atoms with van der Waals surface area (Å²) in [6, 6.07) is 12.3. The average molecular weight is 469 g/mol. The minimum absolute atomic E-state index is 0.0422. The SMILES string of the molecule is C=CC[C@H](CN(C(=O)NC(C)(C)C)S(=O)(=O)c1ccccc1)c1ccc(Cl)c(Cl)c1. The van der Waals surface area contributed by atoms with Crippen LogP contribution in [0.3, 0.4) is 0 Å². The van der Waals surface area contributed by atoms with E-state index in [0.29, 0.717) is 16.5 Å². The molecule has 1 N–H and O–H groups in total. The number of halogens is 2. The third-order valence-electron chi connectivity index (χ3n) is 4.29. The van der Waals surface area contributed by atoms with E-state index in [9.17, 15) is 13.2 Å². The molecule has 30 heavy (non-hydrogen) atoms. The number of urea groups is 1. The number of carbonyl (C=O) groups is 1. The maximum Gasteiger partial charge on any atom is 0.331 e. The van der Waals surface area contributed by atoms with Crippen molar-refractivity contribution >= 4 is 39.3 Å². The molecule has 0 radical (unpaired) electrons. The number of benzene rings is 2. The van der Waals surface area contributed by atoms with Crippen LogP contribution in [0.25, 0.3) is 0 Å². The minimum atomic E-state index is -4.08. The van der Waals surface area contributed by atoms with E-state index in [2.05, 4.69) is 11.9 Å². The first-order chi connectivity index (χ1) is 14.0. The second-order valence-corrected chi connectivity index (χ2v) is 10.6. The van der Waals surface area contributed by atoms with Gasteiger partial charge in [-0.1, -0.05) is 53.5 Å². The van der Waals surface area contributed by atoms with Gasteiger partial charge in [0.05, 0.1) is 14.9 Å². The summed E-state index contributed by atoms with van der Waals surface area (Å²) in [6.45, 7) is 9.06. The Balaban J connectivity index is 2.50. The average Bonchev–Trinajstić information content (AvgIpc) is 2.66. The van der Waals surface area contributed by atoms with Gasteiger partial charge in [-0.25, -0.2) is 17.5 Å². The molecule has 0 aliphatic carbocycles. The number of allylic oxidation sites excluding steroid dienone is 1. The van der Waals surface area contributed by atoms with Crippen molar-refractivity contribution in [3.8, 4) is 0 Å². The summed E-state index contributed by atoms with van der Waals surface area (Å²) in [7, 11) is -4.08. The second kappa shape index (κ2) is 9.86. The fraction of sp³-hybridized carbons (Fsp3) is 0.318. The third-order valence-corrected chi connectivity index (χ3v) is 6.79. The second-order valence-electron chi connectivity index (χ2n) is 7.92. The molecule has 0 unspecified atom stereocenters. The van der Waals surface area contributed by atoms with Crippen LogP contribution in [0.1, 0.15) is 38.7 Å². The molecule has 0 saturated carbocycles. The molecule has 2 amide bonds. The minimum Gasteiger partial charge on any atom is -0.333 e. The maximum absolute atomic E-state index is 13.3. The molecule has 0 bridgehead atoms.